The summed E-state index contributed by atoms with van der Waals surface area (Å²) in [4.78, 5) is 13.2. The second kappa shape index (κ2) is 9.33. The van der Waals surface area contributed by atoms with E-state index in [1.807, 2.05) is 30.3 Å². The van der Waals surface area contributed by atoms with Crippen molar-refractivity contribution < 1.29 is 18.0 Å². The normalized spacial score (nSPS) is 11.8. The van der Waals surface area contributed by atoms with Gasteiger partial charge in [0.05, 0.1) is 19.1 Å². The van der Waals surface area contributed by atoms with Crippen LogP contribution in [0.5, 0.6) is 5.88 Å². The number of rotatable bonds is 6. The summed E-state index contributed by atoms with van der Waals surface area (Å²) in [6.45, 7) is 1.75. The molecule has 0 unspecified atom stereocenters. The SMILES string of the molecule is CONC(=NS(=O)(=O)c1ccccc1-c1ccccc1)Nc1nc(C)cc(OC)n1. The molecular formula is C20H21N5O4S. The van der Waals surface area contributed by atoms with Crippen LogP contribution in [0.3, 0.4) is 0 Å². The van der Waals surface area contributed by atoms with Gasteiger partial charge in [0.25, 0.3) is 10.0 Å². The van der Waals surface area contributed by atoms with Gasteiger partial charge in [-0.15, -0.1) is 4.40 Å². The Morgan fingerprint density at radius 1 is 1.00 bits per heavy atom. The van der Waals surface area contributed by atoms with Crippen molar-refractivity contribution in [1.82, 2.24) is 15.4 Å². The first-order valence-electron chi connectivity index (χ1n) is 8.88. The van der Waals surface area contributed by atoms with Gasteiger partial charge in [-0.3, -0.25) is 10.2 Å². The summed E-state index contributed by atoms with van der Waals surface area (Å²) in [6, 6.07) is 17.5. The van der Waals surface area contributed by atoms with E-state index in [-0.39, 0.29) is 16.8 Å². The zero-order valence-electron chi connectivity index (χ0n) is 16.7. The summed E-state index contributed by atoms with van der Waals surface area (Å²) < 4.78 is 35.2. The molecule has 156 valence electrons. The Balaban J connectivity index is 2.01. The predicted octanol–water partition coefficient (Wildman–Crippen LogP) is 2.77. The van der Waals surface area contributed by atoms with Gasteiger partial charge in [-0.1, -0.05) is 48.5 Å². The molecule has 2 aromatic carbocycles. The van der Waals surface area contributed by atoms with Crippen LogP contribution in [0, 0.1) is 6.92 Å². The number of ether oxygens (including phenoxy) is 1. The Hall–Kier alpha value is -3.50. The molecule has 0 saturated carbocycles. The molecule has 0 aliphatic heterocycles. The van der Waals surface area contributed by atoms with Crippen LogP contribution in [-0.4, -0.2) is 38.6 Å². The van der Waals surface area contributed by atoms with Gasteiger partial charge >= 0.3 is 0 Å². The maximum absolute atomic E-state index is 13.1. The fourth-order valence-electron chi connectivity index (χ4n) is 2.69. The number of guanidine groups is 1. The predicted molar refractivity (Wildman–Crippen MR) is 114 cm³/mol. The van der Waals surface area contributed by atoms with Crippen LogP contribution in [0.25, 0.3) is 11.1 Å². The molecular weight excluding hydrogens is 406 g/mol. The largest absolute Gasteiger partial charge is 0.481 e. The molecule has 0 amide bonds. The molecule has 1 heterocycles. The van der Waals surface area contributed by atoms with Gasteiger partial charge in [-0.05, 0) is 18.6 Å². The van der Waals surface area contributed by atoms with Crippen LogP contribution >= 0.6 is 0 Å². The van der Waals surface area contributed by atoms with Crippen LogP contribution in [0.4, 0.5) is 5.95 Å². The highest BCUT2D eigenvalue weighted by molar-refractivity contribution is 7.90. The summed E-state index contributed by atoms with van der Waals surface area (Å²) >= 11 is 0. The highest BCUT2D eigenvalue weighted by atomic mass is 32.2. The van der Waals surface area contributed by atoms with Crippen molar-refractivity contribution in [2.24, 2.45) is 4.40 Å². The quantitative estimate of drug-likeness (QED) is 0.351. The Kier molecular flexibility index (Phi) is 6.60. The fourth-order valence-corrected chi connectivity index (χ4v) is 3.82. The monoisotopic (exact) mass is 427 g/mol. The van der Waals surface area contributed by atoms with Crippen LogP contribution in [0.15, 0.2) is 70.0 Å². The van der Waals surface area contributed by atoms with E-state index in [4.69, 9.17) is 9.57 Å². The fraction of sp³-hybridized carbons (Fsp3) is 0.150. The van der Waals surface area contributed by atoms with Crippen LogP contribution in [0.2, 0.25) is 0 Å². The minimum absolute atomic E-state index is 0.0520. The van der Waals surface area contributed by atoms with Gasteiger partial charge < -0.3 is 4.74 Å². The van der Waals surface area contributed by atoms with E-state index < -0.39 is 10.0 Å². The topological polar surface area (TPSA) is 115 Å². The average molecular weight is 427 g/mol. The first-order chi connectivity index (χ1) is 14.4. The second-order valence-electron chi connectivity index (χ2n) is 6.08. The molecule has 0 radical (unpaired) electrons. The van der Waals surface area contributed by atoms with Crippen LogP contribution in [0.1, 0.15) is 5.69 Å². The average Bonchev–Trinajstić information content (AvgIpc) is 2.74. The van der Waals surface area contributed by atoms with Gasteiger partial charge in [0, 0.05) is 17.3 Å². The van der Waals surface area contributed by atoms with E-state index in [1.54, 1.807) is 31.2 Å². The lowest BCUT2D eigenvalue weighted by atomic mass is 10.1. The molecule has 1 aromatic heterocycles. The Bertz CT molecular complexity index is 1150. The van der Waals surface area contributed by atoms with Crippen LogP contribution < -0.4 is 15.5 Å². The highest BCUT2D eigenvalue weighted by Gasteiger charge is 2.20. The third-order valence-corrected chi connectivity index (χ3v) is 5.26. The van der Waals surface area contributed by atoms with Crippen molar-refractivity contribution in [2.75, 3.05) is 19.5 Å². The Morgan fingerprint density at radius 2 is 1.70 bits per heavy atom. The van der Waals surface area contributed by atoms with E-state index >= 15 is 0 Å². The van der Waals surface area contributed by atoms with Crippen molar-refractivity contribution in [1.29, 1.82) is 0 Å². The van der Waals surface area contributed by atoms with Crippen molar-refractivity contribution in [3.8, 4) is 17.0 Å². The molecule has 0 fully saturated rings. The van der Waals surface area contributed by atoms with E-state index in [0.29, 0.717) is 17.1 Å². The minimum Gasteiger partial charge on any atom is -0.481 e. The molecule has 3 aromatic rings. The third kappa shape index (κ3) is 5.10. The summed E-state index contributed by atoms with van der Waals surface area (Å²) in [5, 5.41) is 2.71. The maximum Gasteiger partial charge on any atom is 0.286 e. The Morgan fingerprint density at radius 3 is 2.40 bits per heavy atom. The van der Waals surface area contributed by atoms with Crippen molar-refractivity contribution in [3.05, 3.63) is 66.4 Å². The first kappa shape index (κ1) is 21.2. The number of anilines is 1. The first-order valence-corrected chi connectivity index (χ1v) is 10.3. The van der Waals surface area contributed by atoms with Gasteiger partial charge in [0.2, 0.25) is 17.8 Å². The molecule has 0 spiro atoms. The molecule has 3 rings (SSSR count). The number of benzene rings is 2. The van der Waals surface area contributed by atoms with Gasteiger partial charge in [0.15, 0.2) is 0 Å². The molecule has 0 aliphatic rings. The Labute approximate surface area is 174 Å². The number of sulfonamides is 1. The van der Waals surface area contributed by atoms with Gasteiger partial charge in [-0.2, -0.15) is 13.4 Å². The van der Waals surface area contributed by atoms with E-state index in [0.717, 1.165) is 5.56 Å². The summed E-state index contributed by atoms with van der Waals surface area (Å²) in [6.07, 6.45) is 0. The number of methoxy groups -OCH3 is 1. The standard InChI is InChI=1S/C20H21N5O4S/c1-14-13-18(28-2)22-19(21-14)23-20(24-29-3)25-30(26,27)17-12-8-7-11-16(17)15-9-5-4-6-10-15/h4-13H,1-3H3,(H2,21,22,23,24,25). The number of nitrogens with zero attached hydrogens (tertiary/aromatic N) is 3. The number of hydrogen-bond donors (Lipinski definition) is 2. The zero-order chi connectivity index (χ0) is 21.6. The third-order valence-electron chi connectivity index (χ3n) is 3.93. The van der Waals surface area contributed by atoms with Crippen molar-refractivity contribution >= 4 is 21.9 Å². The van der Waals surface area contributed by atoms with Gasteiger partial charge in [-0.25, -0.2) is 10.5 Å². The summed E-state index contributed by atoms with van der Waals surface area (Å²) in [5.41, 5.74) is 4.33. The molecule has 2 N–H and O–H groups in total. The molecule has 0 bridgehead atoms. The summed E-state index contributed by atoms with van der Waals surface area (Å²) in [7, 11) is -1.31. The van der Waals surface area contributed by atoms with E-state index in [9.17, 15) is 8.42 Å². The van der Waals surface area contributed by atoms with E-state index in [1.165, 1.54) is 20.3 Å². The lowest BCUT2D eigenvalue weighted by Crippen LogP contribution is -2.31. The lowest BCUT2D eigenvalue weighted by molar-refractivity contribution is 0.144. The minimum atomic E-state index is -4.11. The molecule has 0 aliphatic carbocycles. The molecule has 0 saturated heterocycles. The van der Waals surface area contributed by atoms with E-state index in [2.05, 4.69) is 25.2 Å². The number of nitrogens with one attached hydrogen (secondary N) is 2. The maximum atomic E-state index is 13.1. The molecule has 0 atom stereocenters. The number of hydrogen-bond acceptors (Lipinski definition) is 6. The molecule has 9 nitrogen and oxygen atoms in total. The second-order valence-corrected chi connectivity index (χ2v) is 7.66. The van der Waals surface area contributed by atoms with Crippen molar-refractivity contribution in [3.63, 3.8) is 0 Å². The number of aryl methyl sites for hydroxylation is 1. The highest BCUT2D eigenvalue weighted by Crippen LogP contribution is 2.28. The zero-order valence-corrected chi connectivity index (χ0v) is 17.5. The van der Waals surface area contributed by atoms with Crippen LogP contribution in [-0.2, 0) is 14.9 Å². The lowest BCUT2D eigenvalue weighted by Gasteiger charge is -2.12. The summed E-state index contributed by atoms with van der Waals surface area (Å²) in [5.74, 6) is 0.216. The number of aromatic nitrogens is 2. The molecule has 30 heavy (non-hydrogen) atoms. The number of hydroxylamine groups is 1. The van der Waals surface area contributed by atoms with Crippen molar-refractivity contribution in [2.45, 2.75) is 11.8 Å². The smallest absolute Gasteiger partial charge is 0.286 e. The van der Waals surface area contributed by atoms with Gasteiger partial charge in [0.1, 0.15) is 0 Å². The molecule has 10 heteroatoms.